The predicted octanol–water partition coefficient (Wildman–Crippen LogP) is -0.156. The molecule has 2 heterocycles. The topological polar surface area (TPSA) is 44.4 Å². The van der Waals surface area contributed by atoms with Crippen LogP contribution in [0.15, 0.2) is 0 Å². The van der Waals surface area contributed by atoms with Crippen molar-refractivity contribution in [3.05, 3.63) is 0 Å². The SMILES string of the molecule is CC(C)N1CCC2(C1)NC(=S)NC2=O. The van der Waals surface area contributed by atoms with Gasteiger partial charge in [-0.2, -0.15) is 0 Å². The summed E-state index contributed by atoms with van der Waals surface area (Å²) in [5.74, 6) is 0.0330. The summed E-state index contributed by atoms with van der Waals surface area (Å²) in [5, 5.41) is 6.23. The van der Waals surface area contributed by atoms with E-state index in [2.05, 4.69) is 29.4 Å². The normalized spacial score (nSPS) is 32.8. The van der Waals surface area contributed by atoms with E-state index in [1.807, 2.05) is 0 Å². The minimum absolute atomic E-state index is 0.0330. The largest absolute Gasteiger partial charge is 0.347 e. The van der Waals surface area contributed by atoms with Crippen LogP contribution in [0.5, 0.6) is 0 Å². The van der Waals surface area contributed by atoms with Gasteiger partial charge in [0.1, 0.15) is 5.54 Å². The summed E-state index contributed by atoms with van der Waals surface area (Å²) in [6, 6.07) is 0.484. The molecule has 0 radical (unpaired) electrons. The van der Waals surface area contributed by atoms with Gasteiger partial charge in [-0.25, -0.2) is 0 Å². The lowest BCUT2D eigenvalue weighted by molar-refractivity contribution is -0.123. The molecule has 0 aromatic heterocycles. The van der Waals surface area contributed by atoms with Crippen molar-refractivity contribution in [1.82, 2.24) is 15.5 Å². The molecule has 2 N–H and O–H groups in total. The Hall–Kier alpha value is -0.680. The smallest absolute Gasteiger partial charge is 0.253 e. The van der Waals surface area contributed by atoms with E-state index in [4.69, 9.17) is 12.2 Å². The summed E-state index contributed by atoms with van der Waals surface area (Å²) in [7, 11) is 0. The van der Waals surface area contributed by atoms with Crippen molar-refractivity contribution in [3.8, 4) is 0 Å². The van der Waals surface area contributed by atoms with Gasteiger partial charge in [0.15, 0.2) is 5.11 Å². The molecule has 0 aromatic rings. The monoisotopic (exact) mass is 213 g/mol. The van der Waals surface area contributed by atoms with E-state index in [-0.39, 0.29) is 5.91 Å². The average molecular weight is 213 g/mol. The Kier molecular flexibility index (Phi) is 2.23. The van der Waals surface area contributed by atoms with E-state index in [0.29, 0.717) is 11.2 Å². The molecule has 1 spiro atoms. The summed E-state index contributed by atoms with van der Waals surface area (Å²) in [6.07, 6.45) is 0.844. The van der Waals surface area contributed by atoms with E-state index in [1.54, 1.807) is 0 Å². The van der Waals surface area contributed by atoms with Crippen molar-refractivity contribution in [2.75, 3.05) is 13.1 Å². The number of carbonyl (C=O) groups is 1. The first kappa shape index (κ1) is 9.86. The van der Waals surface area contributed by atoms with Crippen LogP contribution in [0.25, 0.3) is 0 Å². The van der Waals surface area contributed by atoms with Gasteiger partial charge < -0.3 is 10.6 Å². The number of likely N-dealkylation sites (tertiary alicyclic amines) is 1. The maximum absolute atomic E-state index is 11.7. The van der Waals surface area contributed by atoms with Crippen LogP contribution in [0.1, 0.15) is 20.3 Å². The zero-order chi connectivity index (χ0) is 10.3. The molecule has 2 rings (SSSR count). The summed E-state index contributed by atoms with van der Waals surface area (Å²) in [5.41, 5.74) is -0.443. The summed E-state index contributed by atoms with van der Waals surface area (Å²) >= 11 is 4.95. The fraction of sp³-hybridized carbons (Fsp3) is 0.778. The van der Waals surface area contributed by atoms with Gasteiger partial charge in [-0.15, -0.1) is 0 Å². The zero-order valence-electron chi connectivity index (χ0n) is 8.46. The minimum atomic E-state index is -0.443. The van der Waals surface area contributed by atoms with Crippen LogP contribution in [-0.2, 0) is 4.79 Å². The predicted molar refractivity (Wildman–Crippen MR) is 57.9 cm³/mol. The lowest BCUT2D eigenvalue weighted by Gasteiger charge is -2.23. The van der Waals surface area contributed by atoms with Gasteiger partial charge in [0.25, 0.3) is 5.91 Å². The number of nitrogens with one attached hydrogen (secondary N) is 2. The molecule has 0 saturated carbocycles. The second-order valence-corrected chi connectivity index (χ2v) is 4.71. The molecule has 4 nitrogen and oxygen atoms in total. The van der Waals surface area contributed by atoms with E-state index < -0.39 is 5.54 Å². The van der Waals surface area contributed by atoms with Gasteiger partial charge in [0.05, 0.1) is 0 Å². The number of thiocarbonyl (C=S) groups is 1. The molecular weight excluding hydrogens is 198 g/mol. The molecule has 5 heteroatoms. The van der Waals surface area contributed by atoms with Gasteiger partial charge in [-0.05, 0) is 32.5 Å². The summed E-state index contributed by atoms with van der Waals surface area (Å²) in [6.45, 7) is 6.01. The van der Waals surface area contributed by atoms with Crippen molar-refractivity contribution >= 4 is 23.2 Å². The first-order chi connectivity index (χ1) is 6.53. The van der Waals surface area contributed by atoms with Crippen molar-refractivity contribution in [2.45, 2.75) is 31.8 Å². The van der Waals surface area contributed by atoms with Crippen LogP contribution in [0.2, 0.25) is 0 Å². The second kappa shape index (κ2) is 3.17. The lowest BCUT2D eigenvalue weighted by Crippen LogP contribution is -2.49. The van der Waals surface area contributed by atoms with Crippen molar-refractivity contribution < 1.29 is 4.79 Å². The Bertz CT molecular complexity index is 292. The van der Waals surface area contributed by atoms with Crippen LogP contribution < -0.4 is 10.6 Å². The van der Waals surface area contributed by atoms with Crippen LogP contribution in [0, 0.1) is 0 Å². The maximum Gasteiger partial charge on any atom is 0.253 e. The standard InChI is InChI=1S/C9H15N3OS/c1-6(2)12-4-3-9(5-12)7(13)10-8(14)11-9/h6H,3-5H2,1-2H3,(H2,10,11,13,14). The van der Waals surface area contributed by atoms with Gasteiger partial charge in [0, 0.05) is 19.1 Å². The number of carbonyl (C=O) groups excluding carboxylic acids is 1. The molecule has 0 aliphatic carbocycles. The number of nitrogens with zero attached hydrogens (tertiary/aromatic N) is 1. The lowest BCUT2D eigenvalue weighted by atomic mass is 9.99. The van der Waals surface area contributed by atoms with Crippen molar-refractivity contribution in [2.24, 2.45) is 0 Å². The van der Waals surface area contributed by atoms with E-state index in [1.165, 1.54) is 0 Å². The highest BCUT2D eigenvalue weighted by Gasteiger charge is 2.49. The van der Waals surface area contributed by atoms with Gasteiger partial charge in [0.2, 0.25) is 0 Å². The molecule has 2 aliphatic heterocycles. The number of hydrogen-bond acceptors (Lipinski definition) is 3. The molecule has 1 unspecified atom stereocenters. The van der Waals surface area contributed by atoms with Crippen molar-refractivity contribution in [3.63, 3.8) is 0 Å². The second-order valence-electron chi connectivity index (χ2n) is 4.30. The van der Waals surface area contributed by atoms with Gasteiger partial charge >= 0.3 is 0 Å². The third-order valence-corrected chi connectivity index (χ3v) is 3.25. The highest BCUT2D eigenvalue weighted by molar-refractivity contribution is 7.80. The van der Waals surface area contributed by atoms with Gasteiger partial charge in [-0.1, -0.05) is 0 Å². The Labute approximate surface area is 89.0 Å². The first-order valence-corrected chi connectivity index (χ1v) is 5.32. The Morgan fingerprint density at radius 1 is 1.57 bits per heavy atom. The minimum Gasteiger partial charge on any atom is -0.347 e. The Balaban J connectivity index is 2.13. The molecule has 78 valence electrons. The van der Waals surface area contributed by atoms with E-state index in [0.717, 1.165) is 19.5 Å². The summed E-state index contributed by atoms with van der Waals surface area (Å²) < 4.78 is 0. The Morgan fingerprint density at radius 2 is 2.29 bits per heavy atom. The molecule has 2 fully saturated rings. The first-order valence-electron chi connectivity index (χ1n) is 4.91. The molecule has 2 aliphatic rings. The van der Waals surface area contributed by atoms with Gasteiger partial charge in [-0.3, -0.25) is 9.69 Å². The number of hydrogen-bond donors (Lipinski definition) is 2. The highest BCUT2D eigenvalue weighted by Crippen LogP contribution is 2.25. The summed E-state index contributed by atoms with van der Waals surface area (Å²) in [4.78, 5) is 14.0. The molecule has 1 amide bonds. The molecule has 0 bridgehead atoms. The van der Waals surface area contributed by atoms with Crippen LogP contribution in [-0.4, -0.2) is 40.6 Å². The third kappa shape index (κ3) is 1.40. The Morgan fingerprint density at radius 3 is 2.71 bits per heavy atom. The number of amides is 1. The number of rotatable bonds is 1. The van der Waals surface area contributed by atoms with E-state index in [9.17, 15) is 4.79 Å². The van der Waals surface area contributed by atoms with Crippen LogP contribution in [0.4, 0.5) is 0 Å². The van der Waals surface area contributed by atoms with Crippen molar-refractivity contribution in [1.29, 1.82) is 0 Å². The zero-order valence-corrected chi connectivity index (χ0v) is 9.28. The molecule has 2 saturated heterocycles. The molecular formula is C9H15N3OS. The van der Waals surface area contributed by atoms with Crippen LogP contribution in [0.3, 0.4) is 0 Å². The fourth-order valence-corrected chi connectivity index (χ4v) is 2.38. The fourth-order valence-electron chi connectivity index (χ4n) is 2.10. The third-order valence-electron chi connectivity index (χ3n) is 3.04. The molecule has 14 heavy (non-hydrogen) atoms. The van der Waals surface area contributed by atoms with E-state index >= 15 is 0 Å². The maximum atomic E-state index is 11.7. The molecule has 1 atom stereocenters. The highest BCUT2D eigenvalue weighted by atomic mass is 32.1. The molecule has 0 aromatic carbocycles. The quantitative estimate of drug-likeness (QED) is 0.594. The van der Waals surface area contributed by atoms with Crippen LogP contribution >= 0.6 is 12.2 Å². The average Bonchev–Trinajstić information content (AvgIpc) is 2.59.